The number of carbonyl (C=O) groups is 1. The largest absolute Gasteiger partial charge is 0.433 e. The van der Waals surface area contributed by atoms with Crippen molar-refractivity contribution in [3.8, 4) is 0 Å². The van der Waals surface area contributed by atoms with Crippen LogP contribution in [-0.4, -0.2) is 25.4 Å². The Hall–Kier alpha value is -3.64. The molecule has 13 heteroatoms. The van der Waals surface area contributed by atoms with Crippen LogP contribution in [0.4, 0.5) is 24.5 Å². The quantitative estimate of drug-likeness (QED) is 0.243. The normalized spacial score (nSPS) is 11.6. The van der Waals surface area contributed by atoms with Gasteiger partial charge in [-0.1, -0.05) is 41.1 Å². The molecule has 35 heavy (non-hydrogen) atoms. The van der Waals surface area contributed by atoms with Crippen LogP contribution in [0.3, 0.4) is 0 Å². The Morgan fingerprint density at radius 2 is 1.80 bits per heavy atom. The minimum Gasteiger partial charge on any atom is -0.320 e. The van der Waals surface area contributed by atoms with Gasteiger partial charge in [0.05, 0.1) is 4.92 Å². The summed E-state index contributed by atoms with van der Waals surface area (Å²) in [5.74, 6) is -0.946. The van der Waals surface area contributed by atoms with Gasteiger partial charge in [0.15, 0.2) is 11.3 Å². The van der Waals surface area contributed by atoms with E-state index in [1.54, 1.807) is 0 Å². The number of aryl methyl sites for hydroxylation is 2. The van der Waals surface area contributed by atoms with E-state index in [1.807, 2.05) is 31.2 Å². The Bertz CT molecular complexity index is 1470. The fraction of sp³-hybridized carbons (Fsp3) is 0.136. The average Bonchev–Trinajstić information content (AvgIpc) is 3.10. The zero-order valence-corrected chi connectivity index (χ0v) is 19.6. The first-order valence-electron chi connectivity index (χ1n) is 9.91. The van der Waals surface area contributed by atoms with Crippen LogP contribution in [0.1, 0.15) is 27.4 Å². The van der Waals surface area contributed by atoms with Crippen molar-refractivity contribution in [3.05, 3.63) is 86.3 Å². The average molecular weight is 522 g/mol. The highest BCUT2D eigenvalue weighted by atomic mass is 35.5. The van der Waals surface area contributed by atoms with Crippen LogP contribution >= 0.6 is 23.4 Å². The van der Waals surface area contributed by atoms with E-state index in [2.05, 4.69) is 15.4 Å². The number of hydrogen-bond acceptors (Lipinski definition) is 6. The molecule has 8 nitrogen and oxygen atoms in total. The molecule has 0 aliphatic heterocycles. The summed E-state index contributed by atoms with van der Waals surface area (Å²) >= 11 is 7.40. The second kappa shape index (κ2) is 9.19. The SMILES string of the molecule is Cc1ccc(Sc2cc(NC(=O)c3nn4c(C(F)(F)F)cc(C)nc4c3Cl)cc([N+](=O)[O-])c2)cc1. The molecule has 0 saturated heterocycles. The Kier molecular flexibility index (Phi) is 6.43. The highest BCUT2D eigenvalue weighted by Gasteiger charge is 2.36. The first kappa shape index (κ1) is 24.5. The minimum atomic E-state index is -4.77. The predicted octanol–water partition coefficient (Wildman–Crippen LogP) is 6.33. The van der Waals surface area contributed by atoms with Crippen LogP contribution in [0.15, 0.2) is 58.3 Å². The number of rotatable bonds is 5. The molecule has 0 unspecified atom stereocenters. The summed E-state index contributed by atoms with van der Waals surface area (Å²) in [6, 6.07) is 12.2. The lowest BCUT2D eigenvalue weighted by atomic mass is 10.2. The highest BCUT2D eigenvalue weighted by Crippen LogP contribution is 2.35. The smallest absolute Gasteiger partial charge is 0.320 e. The molecule has 2 aromatic heterocycles. The van der Waals surface area contributed by atoms with Gasteiger partial charge in [-0.3, -0.25) is 14.9 Å². The summed E-state index contributed by atoms with van der Waals surface area (Å²) in [6.45, 7) is 3.28. The van der Waals surface area contributed by atoms with E-state index in [9.17, 15) is 28.1 Å². The van der Waals surface area contributed by atoms with Crippen molar-refractivity contribution in [2.24, 2.45) is 0 Å². The van der Waals surface area contributed by atoms with Gasteiger partial charge in [-0.05, 0) is 38.1 Å². The van der Waals surface area contributed by atoms with Crippen LogP contribution in [0.25, 0.3) is 5.65 Å². The lowest BCUT2D eigenvalue weighted by molar-refractivity contribution is -0.385. The number of alkyl halides is 3. The van der Waals surface area contributed by atoms with Gasteiger partial charge in [-0.25, -0.2) is 9.50 Å². The molecule has 2 aromatic carbocycles. The number of nitrogens with zero attached hydrogens (tertiary/aromatic N) is 4. The number of amides is 1. The molecular formula is C22H15ClF3N5O3S. The van der Waals surface area contributed by atoms with Gasteiger partial charge < -0.3 is 5.32 Å². The van der Waals surface area contributed by atoms with Crippen LogP contribution in [0.2, 0.25) is 5.02 Å². The maximum atomic E-state index is 13.5. The van der Waals surface area contributed by atoms with Crippen molar-refractivity contribution < 1.29 is 22.9 Å². The van der Waals surface area contributed by atoms with E-state index in [4.69, 9.17) is 11.6 Å². The maximum Gasteiger partial charge on any atom is 0.433 e. The summed E-state index contributed by atoms with van der Waals surface area (Å²) in [5, 5.41) is 17.2. The summed E-state index contributed by atoms with van der Waals surface area (Å²) in [4.78, 5) is 28.9. The number of non-ortho nitro benzene ring substituents is 1. The van der Waals surface area contributed by atoms with Gasteiger partial charge in [0.25, 0.3) is 11.6 Å². The van der Waals surface area contributed by atoms with Crippen LogP contribution in [0.5, 0.6) is 0 Å². The zero-order chi connectivity index (χ0) is 25.5. The van der Waals surface area contributed by atoms with E-state index < -0.39 is 28.4 Å². The third kappa shape index (κ3) is 5.23. The van der Waals surface area contributed by atoms with E-state index in [1.165, 1.54) is 30.8 Å². The Morgan fingerprint density at radius 3 is 2.43 bits per heavy atom. The lowest BCUT2D eigenvalue weighted by Gasteiger charge is -2.09. The number of aromatic nitrogens is 3. The molecule has 0 saturated carbocycles. The van der Waals surface area contributed by atoms with Crippen molar-refractivity contribution in [2.45, 2.75) is 29.8 Å². The summed E-state index contributed by atoms with van der Waals surface area (Å²) in [6.07, 6.45) is -4.77. The number of anilines is 1. The molecule has 1 amide bonds. The van der Waals surface area contributed by atoms with E-state index in [-0.39, 0.29) is 27.7 Å². The molecular weight excluding hydrogens is 507 g/mol. The maximum absolute atomic E-state index is 13.5. The van der Waals surface area contributed by atoms with Crippen molar-refractivity contribution in [2.75, 3.05) is 5.32 Å². The van der Waals surface area contributed by atoms with E-state index in [0.29, 0.717) is 9.41 Å². The third-order valence-electron chi connectivity index (χ3n) is 4.78. The second-order valence-corrected chi connectivity index (χ2v) is 9.05. The molecule has 4 aromatic rings. The molecule has 0 aliphatic carbocycles. The number of hydrogen-bond donors (Lipinski definition) is 1. The van der Waals surface area contributed by atoms with E-state index >= 15 is 0 Å². The van der Waals surface area contributed by atoms with Gasteiger partial charge in [-0.2, -0.15) is 18.3 Å². The molecule has 4 rings (SSSR count). The van der Waals surface area contributed by atoms with Gasteiger partial charge in [0.2, 0.25) is 0 Å². The van der Waals surface area contributed by atoms with Gasteiger partial charge in [0, 0.05) is 33.3 Å². The zero-order valence-electron chi connectivity index (χ0n) is 18.1. The number of nitrogens with one attached hydrogen (secondary N) is 1. The van der Waals surface area contributed by atoms with Crippen LogP contribution < -0.4 is 5.32 Å². The van der Waals surface area contributed by atoms with Crippen molar-refractivity contribution >= 4 is 46.3 Å². The van der Waals surface area contributed by atoms with Crippen LogP contribution in [0, 0.1) is 24.0 Å². The first-order chi connectivity index (χ1) is 16.4. The summed E-state index contributed by atoms with van der Waals surface area (Å²) < 4.78 is 40.8. The van der Waals surface area contributed by atoms with E-state index in [0.717, 1.165) is 22.6 Å². The Balaban J connectivity index is 1.70. The van der Waals surface area contributed by atoms with Gasteiger partial charge in [-0.15, -0.1) is 0 Å². The number of benzene rings is 2. The highest BCUT2D eigenvalue weighted by molar-refractivity contribution is 7.99. The number of fused-ring (bicyclic) bond motifs is 1. The van der Waals surface area contributed by atoms with Gasteiger partial charge in [0.1, 0.15) is 10.7 Å². The number of nitro benzene ring substituents is 1. The predicted molar refractivity (Wildman–Crippen MR) is 124 cm³/mol. The Labute approximate surface area is 205 Å². The minimum absolute atomic E-state index is 0.0371. The molecule has 0 bridgehead atoms. The molecule has 0 radical (unpaired) electrons. The first-order valence-corrected chi connectivity index (χ1v) is 11.1. The third-order valence-corrected chi connectivity index (χ3v) is 6.11. The topological polar surface area (TPSA) is 102 Å². The lowest BCUT2D eigenvalue weighted by Crippen LogP contribution is -2.16. The fourth-order valence-corrected chi connectivity index (χ4v) is 4.37. The van der Waals surface area contributed by atoms with Crippen molar-refractivity contribution in [1.82, 2.24) is 14.6 Å². The standard InChI is InChI=1S/C22H15ClF3N5O3S/c1-11-3-5-15(6-4-11)35-16-9-13(8-14(10-16)31(33)34)28-21(32)19-18(23)20-27-12(2)7-17(22(24,25)26)30(20)29-19/h3-10H,1-2H3,(H,28,32). The number of nitro groups is 1. The number of carbonyl (C=O) groups excluding carboxylic acids is 1. The second-order valence-electron chi connectivity index (χ2n) is 7.52. The number of halogens is 4. The fourth-order valence-electron chi connectivity index (χ4n) is 3.21. The molecule has 0 aliphatic rings. The molecule has 0 spiro atoms. The monoisotopic (exact) mass is 521 g/mol. The van der Waals surface area contributed by atoms with Crippen LogP contribution in [-0.2, 0) is 6.18 Å². The molecule has 2 heterocycles. The summed E-state index contributed by atoms with van der Waals surface area (Å²) in [5.41, 5.74) is -1.14. The van der Waals surface area contributed by atoms with Crippen molar-refractivity contribution in [1.29, 1.82) is 0 Å². The Morgan fingerprint density at radius 1 is 1.11 bits per heavy atom. The summed E-state index contributed by atoms with van der Waals surface area (Å²) in [7, 11) is 0. The molecule has 0 atom stereocenters. The molecule has 0 fully saturated rings. The van der Waals surface area contributed by atoms with Gasteiger partial charge >= 0.3 is 6.18 Å². The van der Waals surface area contributed by atoms with Crippen molar-refractivity contribution in [3.63, 3.8) is 0 Å². The molecule has 180 valence electrons. The molecule has 1 N–H and O–H groups in total.